The van der Waals surface area contributed by atoms with Crippen LogP contribution in [0.5, 0.6) is 5.75 Å². The Morgan fingerprint density at radius 3 is 2.22 bits per heavy atom. The van der Waals surface area contributed by atoms with Gasteiger partial charge in [0.25, 0.3) is 0 Å². The molecule has 3 rings (SSSR count). The minimum absolute atomic E-state index is 0.117. The number of hydrogen-bond donors (Lipinski definition) is 2. The summed E-state index contributed by atoms with van der Waals surface area (Å²) in [4.78, 5) is 11.9. The van der Waals surface area contributed by atoms with E-state index in [-0.39, 0.29) is 18.3 Å². The Morgan fingerprint density at radius 1 is 0.852 bits per heavy atom. The van der Waals surface area contributed by atoms with Crippen LogP contribution in [-0.4, -0.2) is 19.1 Å². The van der Waals surface area contributed by atoms with E-state index in [1.54, 1.807) is 0 Å². The highest BCUT2D eigenvalue weighted by atomic mass is 19.1. The van der Waals surface area contributed by atoms with E-state index in [0.717, 1.165) is 17.9 Å². The lowest BCUT2D eigenvalue weighted by Gasteiger charge is -2.10. The molecule has 0 heterocycles. The third-order valence-corrected chi connectivity index (χ3v) is 3.94. The predicted octanol–water partition coefficient (Wildman–Crippen LogP) is 4.50. The summed E-state index contributed by atoms with van der Waals surface area (Å²) >= 11 is 0. The Labute approximate surface area is 158 Å². The first-order chi connectivity index (χ1) is 13.2. The third-order valence-electron chi connectivity index (χ3n) is 3.94. The molecule has 4 nitrogen and oxygen atoms in total. The molecule has 3 aromatic carbocycles. The molecule has 2 N–H and O–H groups in total. The number of anilines is 2. The molecule has 0 atom stereocenters. The Balaban J connectivity index is 1.40. The molecule has 27 heavy (non-hydrogen) atoms. The van der Waals surface area contributed by atoms with E-state index in [4.69, 9.17) is 4.74 Å². The van der Waals surface area contributed by atoms with Gasteiger partial charge in [-0.3, -0.25) is 4.79 Å². The highest BCUT2D eigenvalue weighted by Crippen LogP contribution is 2.16. The van der Waals surface area contributed by atoms with Gasteiger partial charge in [-0.15, -0.1) is 0 Å². The summed E-state index contributed by atoms with van der Waals surface area (Å²) in [5.41, 5.74) is 2.62. The molecule has 1 amide bonds. The number of carbonyl (C=O) groups is 1. The maximum Gasteiger partial charge on any atom is 0.243 e. The van der Waals surface area contributed by atoms with Crippen LogP contribution in [0.1, 0.15) is 5.56 Å². The van der Waals surface area contributed by atoms with Crippen molar-refractivity contribution >= 4 is 17.3 Å². The molecule has 3 aromatic rings. The number of nitrogens with one attached hydrogen (secondary N) is 2. The molecule has 0 saturated heterocycles. The molecule has 0 unspecified atom stereocenters. The number of amides is 1. The molecule has 0 aliphatic heterocycles. The molecular weight excluding hydrogens is 343 g/mol. The number of halogens is 1. The normalized spacial score (nSPS) is 10.3. The van der Waals surface area contributed by atoms with E-state index in [0.29, 0.717) is 12.3 Å². The lowest BCUT2D eigenvalue weighted by molar-refractivity contribution is -0.114. The number of rotatable bonds is 8. The number of hydrogen-bond acceptors (Lipinski definition) is 3. The van der Waals surface area contributed by atoms with Crippen molar-refractivity contribution in [1.82, 2.24) is 0 Å². The molecule has 138 valence electrons. The van der Waals surface area contributed by atoms with Gasteiger partial charge in [0.15, 0.2) is 0 Å². The summed E-state index contributed by atoms with van der Waals surface area (Å²) in [5.74, 6) is 0.245. The fraction of sp³-hybridized carbons (Fsp3) is 0.136. The van der Waals surface area contributed by atoms with E-state index < -0.39 is 0 Å². The Morgan fingerprint density at radius 2 is 1.52 bits per heavy atom. The first kappa shape index (κ1) is 18.5. The fourth-order valence-electron chi connectivity index (χ4n) is 2.52. The predicted molar refractivity (Wildman–Crippen MR) is 106 cm³/mol. The van der Waals surface area contributed by atoms with Gasteiger partial charge in [0.05, 0.1) is 13.2 Å². The Kier molecular flexibility index (Phi) is 6.41. The number of carbonyl (C=O) groups excluding carboxylic acids is 1. The van der Waals surface area contributed by atoms with Gasteiger partial charge in [-0.1, -0.05) is 30.3 Å². The quantitative estimate of drug-likeness (QED) is 0.619. The second-order valence-electron chi connectivity index (χ2n) is 6.02. The van der Waals surface area contributed by atoms with Crippen LogP contribution in [0.2, 0.25) is 0 Å². The van der Waals surface area contributed by atoms with E-state index in [1.807, 2.05) is 42.5 Å². The zero-order chi connectivity index (χ0) is 18.9. The van der Waals surface area contributed by atoms with Crippen LogP contribution in [0.4, 0.5) is 15.8 Å². The second-order valence-corrected chi connectivity index (χ2v) is 6.02. The summed E-state index contributed by atoms with van der Waals surface area (Å²) < 4.78 is 18.6. The highest BCUT2D eigenvalue weighted by Gasteiger charge is 2.03. The van der Waals surface area contributed by atoms with Crippen molar-refractivity contribution in [2.45, 2.75) is 6.42 Å². The van der Waals surface area contributed by atoms with E-state index in [1.165, 1.54) is 29.8 Å². The van der Waals surface area contributed by atoms with Crippen LogP contribution in [0.3, 0.4) is 0 Å². The van der Waals surface area contributed by atoms with Gasteiger partial charge in [-0.25, -0.2) is 4.39 Å². The van der Waals surface area contributed by atoms with Gasteiger partial charge < -0.3 is 15.4 Å². The van der Waals surface area contributed by atoms with Crippen LogP contribution in [0.15, 0.2) is 78.9 Å². The molecule has 0 radical (unpaired) electrons. The zero-order valence-electron chi connectivity index (χ0n) is 14.8. The molecule has 0 bridgehead atoms. The van der Waals surface area contributed by atoms with Crippen molar-refractivity contribution in [2.75, 3.05) is 23.8 Å². The molecule has 5 heteroatoms. The van der Waals surface area contributed by atoms with Crippen molar-refractivity contribution in [2.24, 2.45) is 0 Å². The Hall–Kier alpha value is -3.34. The molecule has 0 spiro atoms. The average Bonchev–Trinajstić information content (AvgIpc) is 2.70. The summed E-state index contributed by atoms with van der Waals surface area (Å²) in [7, 11) is 0. The molecule has 0 aromatic heterocycles. The summed E-state index contributed by atoms with van der Waals surface area (Å²) in [5, 5.41) is 5.74. The highest BCUT2D eigenvalue weighted by molar-refractivity contribution is 5.93. The van der Waals surface area contributed by atoms with Crippen LogP contribution < -0.4 is 15.4 Å². The maximum atomic E-state index is 12.9. The summed E-state index contributed by atoms with van der Waals surface area (Å²) in [6.07, 6.45) is 0.852. The van der Waals surface area contributed by atoms with Crippen molar-refractivity contribution in [3.8, 4) is 5.75 Å². The smallest absolute Gasteiger partial charge is 0.243 e. The average molecular weight is 364 g/mol. The van der Waals surface area contributed by atoms with Crippen LogP contribution in [0.25, 0.3) is 0 Å². The Bertz CT molecular complexity index is 850. The van der Waals surface area contributed by atoms with Gasteiger partial charge in [0.1, 0.15) is 11.6 Å². The maximum absolute atomic E-state index is 12.9. The van der Waals surface area contributed by atoms with Crippen LogP contribution in [0, 0.1) is 5.82 Å². The molecule has 0 fully saturated rings. The largest absolute Gasteiger partial charge is 0.493 e. The molecule has 0 aliphatic rings. The van der Waals surface area contributed by atoms with Gasteiger partial charge in [0.2, 0.25) is 5.91 Å². The van der Waals surface area contributed by atoms with E-state index in [9.17, 15) is 9.18 Å². The van der Waals surface area contributed by atoms with E-state index >= 15 is 0 Å². The van der Waals surface area contributed by atoms with Crippen molar-refractivity contribution in [3.63, 3.8) is 0 Å². The fourth-order valence-corrected chi connectivity index (χ4v) is 2.52. The monoisotopic (exact) mass is 364 g/mol. The first-order valence-electron chi connectivity index (χ1n) is 8.75. The third kappa shape index (κ3) is 6.15. The lowest BCUT2D eigenvalue weighted by Crippen LogP contribution is -2.21. The van der Waals surface area contributed by atoms with Crippen molar-refractivity contribution in [3.05, 3.63) is 90.2 Å². The first-order valence-corrected chi connectivity index (χ1v) is 8.75. The summed E-state index contributed by atoms with van der Waals surface area (Å²) in [6, 6.07) is 23.3. The van der Waals surface area contributed by atoms with Crippen molar-refractivity contribution < 1.29 is 13.9 Å². The topological polar surface area (TPSA) is 50.4 Å². The molecule has 0 aliphatic carbocycles. The second kappa shape index (κ2) is 9.38. The van der Waals surface area contributed by atoms with Crippen LogP contribution in [-0.2, 0) is 11.2 Å². The lowest BCUT2D eigenvalue weighted by atomic mass is 10.2. The summed E-state index contributed by atoms with van der Waals surface area (Å²) in [6.45, 7) is 0.725. The van der Waals surface area contributed by atoms with Gasteiger partial charge in [-0.2, -0.15) is 0 Å². The van der Waals surface area contributed by atoms with Crippen LogP contribution >= 0.6 is 0 Å². The SMILES string of the molecule is O=C(CNc1ccc(OCCc2ccccc2)cc1)Nc1ccc(F)cc1. The zero-order valence-corrected chi connectivity index (χ0v) is 14.8. The van der Waals surface area contributed by atoms with Gasteiger partial charge >= 0.3 is 0 Å². The molecular formula is C22H21FN2O2. The minimum atomic E-state index is -0.336. The standard InChI is InChI=1S/C22H21FN2O2/c23-18-6-8-20(9-7-18)25-22(26)16-24-19-10-12-21(13-11-19)27-15-14-17-4-2-1-3-5-17/h1-13,24H,14-16H2,(H,25,26). The molecule has 0 saturated carbocycles. The van der Waals surface area contributed by atoms with Gasteiger partial charge in [0, 0.05) is 17.8 Å². The van der Waals surface area contributed by atoms with Crippen molar-refractivity contribution in [1.29, 1.82) is 0 Å². The van der Waals surface area contributed by atoms with E-state index in [2.05, 4.69) is 22.8 Å². The van der Waals surface area contributed by atoms with Gasteiger partial charge in [-0.05, 0) is 54.1 Å². The number of benzene rings is 3. The number of ether oxygens (including phenoxy) is 1. The minimum Gasteiger partial charge on any atom is -0.493 e.